The topological polar surface area (TPSA) is 52.6 Å². The van der Waals surface area contributed by atoms with Crippen molar-refractivity contribution in [2.75, 3.05) is 0 Å². The number of para-hydroxylation sites is 1. The number of alkyl halides is 6. The summed E-state index contributed by atoms with van der Waals surface area (Å²) in [6.45, 7) is 0. The van der Waals surface area contributed by atoms with E-state index in [1.165, 1.54) is 30.3 Å². The highest BCUT2D eigenvalue weighted by Gasteiger charge is 2.44. The summed E-state index contributed by atoms with van der Waals surface area (Å²) in [6, 6.07) is 10.5. The zero-order valence-corrected chi connectivity index (χ0v) is 12.5. The standard InChI is InChI=1S/C16H8F6O4/c17-15(18,19)13(23)25-11-8-4-7-10(9-5-2-1-3-6-9)12(11)26-14(24)16(20,21)22/h1-8H. The summed E-state index contributed by atoms with van der Waals surface area (Å²) in [5.41, 5.74) is 0.0538. The van der Waals surface area contributed by atoms with Gasteiger partial charge in [0.25, 0.3) is 0 Å². The number of hydrogen-bond acceptors (Lipinski definition) is 4. The van der Waals surface area contributed by atoms with Gasteiger partial charge in [0.1, 0.15) is 0 Å². The van der Waals surface area contributed by atoms with Crippen molar-refractivity contribution >= 4 is 11.9 Å². The van der Waals surface area contributed by atoms with Crippen LogP contribution in [-0.4, -0.2) is 24.3 Å². The van der Waals surface area contributed by atoms with Crippen molar-refractivity contribution < 1.29 is 45.4 Å². The van der Waals surface area contributed by atoms with Gasteiger partial charge in [-0.25, -0.2) is 9.59 Å². The quantitative estimate of drug-likeness (QED) is 0.454. The van der Waals surface area contributed by atoms with Crippen molar-refractivity contribution in [3.8, 4) is 22.6 Å². The maximum atomic E-state index is 12.5. The number of carbonyl (C=O) groups is 2. The van der Waals surface area contributed by atoms with E-state index in [1.807, 2.05) is 0 Å². The average molecular weight is 378 g/mol. The van der Waals surface area contributed by atoms with E-state index in [1.54, 1.807) is 6.07 Å². The second-order valence-electron chi connectivity index (χ2n) is 4.77. The van der Waals surface area contributed by atoms with E-state index in [9.17, 15) is 35.9 Å². The summed E-state index contributed by atoms with van der Waals surface area (Å²) >= 11 is 0. The highest BCUT2D eigenvalue weighted by atomic mass is 19.4. The van der Waals surface area contributed by atoms with E-state index in [0.717, 1.165) is 12.1 Å². The van der Waals surface area contributed by atoms with Crippen molar-refractivity contribution in [1.29, 1.82) is 0 Å². The molecule has 0 unspecified atom stereocenters. The smallest absolute Gasteiger partial charge is 0.416 e. The Balaban J connectivity index is 2.54. The van der Waals surface area contributed by atoms with Crippen molar-refractivity contribution in [3.05, 3.63) is 48.5 Å². The molecule has 0 aliphatic rings. The van der Waals surface area contributed by atoms with E-state index in [4.69, 9.17) is 0 Å². The summed E-state index contributed by atoms with van der Waals surface area (Å²) in [4.78, 5) is 22.1. The molecular formula is C16H8F6O4. The average Bonchev–Trinajstić information content (AvgIpc) is 2.55. The monoisotopic (exact) mass is 378 g/mol. The van der Waals surface area contributed by atoms with Gasteiger partial charge < -0.3 is 9.47 Å². The molecule has 0 amide bonds. The third kappa shape index (κ3) is 4.52. The molecule has 0 aliphatic carbocycles. The Labute approximate surface area is 141 Å². The second-order valence-corrected chi connectivity index (χ2v) is 4.77. The molecule has 0 saturated heterocycles. The molecule has 138 valence electrons. The Morgan fingerprint density at radius 1 is 0.692 bits per heavy atom. The lowest BCUT2D eigenvalue weighted by molar-refractivity contribution is -0.191. The van der Waals surface area contributed by atoms with Gasteiger partial charge in [-0.1, -0.05) is 42.5 Å². The molecule has 0 heterocycles. The van der Waals surface area contributed by atoms with Crippen LogP contribution in [0.5, 0.6) is 11.5 Å². The normalized spacial score (nSPS) is 11.8. The molecule has 0 spiro atoms. The maximum absolute atomic E-state index is 12.5. The van der Waals surface area contributed by atoms with Crippen LogP contribution in [0.4, 0.5) is 26.3 Å². The molecule has 0 atom stereocenters. The Hall–Kier alpha value is -3.04. The number of hydrogen-bond donors (Lipinski definition) is 0. The lowest BCUT2D eigenvalue weighted by atomic mass is 10.0. The van der Waals surface area contributed by atoms with Crippen LogP contribution < -0.4 is 9.47 Å². The van der Waals surface area contributed by atoms with Crippen LogP contribution in [0.1, 0.15) is 0 Å². The molecule has 4 nitrogen and oxygen atoms in total. The Morgan fingerprint density at radius 2 is 1.23 bits per heavy atom. The van der Waals surface area contributed by atoms with Crippen LogP contribution in [-0.2, 0) is 9.59 Å². The number of esters is 2. The Morgan fingerprint density at radius 3 is 1.77 bits per heavy atom. The minimum absolute atomic E-state index is 0.171. The van der Waals surface area contributed by atoms with Crippen LogP contribution >= 0.6 is 0 Å². The Kier molecular flexibility index (Phi) is 5.24. The number of carbonyl (C=O) groups excluding carboxylic acids is 2. The van der Waals surface area contributed by atoms with E-state index >= 15 is 0 Å². The van der Waals surface area contributed by atoms with Crippen molar-refractivity contribution in [3.63, 3.8) is 0 Å². The largest absolute Gasteiger partial charge is 0.491 e. The van der Waals surface area contributed by atoms with E-state index < -0.39 is 35.8 Å². The van der Waals surface area contributed by atoms with Gasteiger partial charge in [-0.2, -0.15) is 26.3 Å². The van der Waals surface area contributed by atoms with Crippen LogP contribution in [0, 0.1) is 0 Å². The van der Waals surface area contributed by atoms with Gasteiger partial charge in [0, 0.05) is 5.56 Å². The molecule has 0 radical (unpaired) electrons. The molecule has 2 rings (SSSR count). The minimum Gasteiger partial charge on any atom is -0.416 e. The summed E-state index contributed by atoms with van der Waals surface area (Å²) in [5, 5.41) is 0. The zero-order chi connectivity index (χ0) is 19.5. The molecular weight excluding hydrogens is 370 g/mol. The first-order valence-electron chi connectivity index (χ1n) is 6.76. The van der Waals surface area contributed by atoms with Crippen LogP contribution in [0.2, 0.25) is 0 Å². The molecule has 26 heavy (non-hydrogen) atoms. The molecule has 0 aromatic heterocycles. The molecule has 2 aromatic rings. The summed E-state index contributed by atoms with van der Waals surface area (Å²) in [5.74, 6) is -7.29. The van der Waals surface area contributed by atoms with Crippen LogP contribution in [0.15, 0.2) is 48.5 Å². The van der Waals surface area contributed by atoms with Crippen molar-refractivity contribution in [1.82, 2.24) is 0 Å². The fourth-order valence-corrected chi connectivity index (χ4v) is 1.85. The van der Waals surface area contributed by atoms with Crippen molar-refractivity contribution in [2.45, 2.75) is 12.4 Å². The number of ether oxygens (including phenoxy) is 2. The summed E-state index contributed by atoms with van der Waals surface area (Å²) in [7, 11) is 0. The minimum atomic E-state index is -5.41. The molecule has 10 heteroatoms. The first-order valence-corrected chi connectivity index (χ1v) is 6.76. The van der Waals surface area contributed by atoms with Gasteiger partial charge in [0.15, 0.2) is 11.5 Å². The third-order valence-electron chi connectivity index (χ3n) is 2.92. The molecule has 0 N–H and O–H groups in total. The predicted octanol–water partition coefficient (Wildman–Crippen LogP) is 4.29. The van der Waals surface area contributed by atoms with Gasteiger partial charge >= 0.3 is 24.3 Å². The zero-order valence-electron chi connectivity index (χ0n) is 12.5. The molecule has 0 fully saturated rings. The SMILES string of the molecule is O=C(Oc1cccc(-c2ccccc2)c1OC(=O)C(F)(F)F)C(F)(F)F. The van der Waals surface area contributed by atoms with Gasteiger partial charge in [0.05, 0.1) is 0 Å². The fraction of sp³-hybridized carbons (Fsp3) is 0.125. The van der Waals surface area contributed by atoms with E-state index in [2.05, 4.69) is 9.47 Å². The lowest BCUT2D eigenvalue weighted by Gasteiger charge is -2.16. The highest BCUT2D eigenvalue weighted by Crippen LogP contribution is 2.40. The van der Waals surface area contributed by atoms with Gasteiger partial charge in [-0.05, 0) is 11.6 Å². The van der Waals surface area contributed by atoms with Crippen molar-refractivity contribution in [2.24, 2.45) is 0 Å². The second kappa shape index (κ2) is 7.06. The van der Waals surface area contributed by atoms with Gasteiger partial charge in [-0.3, -0.25) is 0 Å². The van der Waals surface area contributed by atoms with Gasteiger partial charge in [0.2, 0.25) is 0 Å². The Bertz CT molecular complexity index is 812. The third-order valence-corrected chi connectivity index (χ3v) is 2.92. The lowest BCUT2D eigenvalue weighted by Crippen LogP contribution is -2.30. The molecule has 0 bridgehead atoms. The maximum Gasteiger partial charge on any atom is 0.491 e. The first kappa shape index (κ1) is 19.3. The van der Waals surface area contributed by atoms with Crippen LogP contribution in [0.25, 0.3) is 11.1 Å². The van der Waals surface area contributed by atoms with E-state index in [-0.39, 0.29) is 11.1 Å². The van der Waals surface area contributed by atoms with E-state index in [0.29, 0.717) is 0 Å². The molecule has 0 aliphatic heterocycles. The number of rotatable bonds is 3. The fourth-order valence-electron chi connectivity index (χ4n) is 1.85. The van der Waals surface area contributed by atoms with Gasteiger partial charge in [-0.15, -0.1) is 0 Å². The summed E-state index contributed by atoms with van der Waals surface area (Å²) < 4.78 is 82.9. The summed E-state index contributed by atoms with van der Waals surface area (Å²) in [6.07, 6.45) is -10.8. The van der Waals surface area contributed by atoms with Crippen LogP contribution in [0.3, 0.4) is 0 Å². The highest BCUT2D eigenvalue weighted by molar-refractivity contribution is 5.85. The molecule has 0 saturated carbocycles. The number of benzene rings is 2. The number of halogens is 6. The first-order chi connectivity index (χ1) is 12.0. The predicted molar refractivity (Wildman–Crippen MR) is 75.3 cm³/mol. The molecule has 2 aromatic carbocycles.